The van der Waals surface area contributed by atoms with Gasteiger partial charge in [-0.2, -0.15) is 21.0 Å². The highest BCUT2D eigenvalue weighted by Crippen LogP contribution is 2.63. The van der Waals surface area contributed by atoms with E-state index in [4.69, 9.17) is 4.42 Å². The molecule has 5 rings (SSSR count). The van der Waals surface area contributed by atoms with Gasteiger partial charge in [0.05, 0.1) is 30.5 Å². The molecule has 2 bridgehead atoms. The van der Waals surface area contributed by atoms with E-state index in [9.17, 15) is 21.0 Å². The quantitative estimate of drug-likeness (QED) is 0.693. The molecular formula is C18H8N4O. The van der Waals surface area contributed by atoms with Crippen LogP contribution in [0.3, 0.4) is 0 Å². The smallest absolute Gasteiger partial charge is 0.186 e. The Morgan fingerprint density at radius 2 is 1.39 bits per heavy atom. The number of nitrogens with zero attached hydrogens (tertiary/aromatic N) is 4. The van der Waals surface area contributed by atoms with Gasteiger partial charge >= 0.3 is 0 Å². The topological polar surface area (TPSA) is 108 Å². The molecule has 3 aliphatic rings. The van der Waals surface area contributed by atoms with Crippen molar-refractivity contribution in [2.75, 3.05) is 0 Å². The predicted octanol–water partition coefficient (Wildman–Crippen LogP) is 3.25. The second kappa shape index (κ2) is 4.01. The number of hydrogen-bond acceptors (Lipinski definition) is 5. The molecule has 1 heterocycles. The maximum atomic E-state index is 9.83. The number of rotatable bonds is 0. The lowest BCUT2D eigenvalue weighted by molar-refractivity contribution is 0.236. The first-order valence-corrected chi connectivity index (χ1v) is 7.02. The number of nitriles is 4. The molecule has 1 aromatic carbocycles. The summed E-state index contributed by atoms with van der Waals surface area (Å²) in [6.07, 6.45) is 5.06. The molecule has 106 valence electrons. The first-order valence-electron chi connectivity index (χ1n) is 7.02. The van der Waals surface area contributed by atoms with Crippen LogP contribution in [-0.2, 0) is 0 Å². The van der Waals surface area contributed by atoms with Gasteiger partial charge in [-0.1, -0.05) is 24.3 Å². The minimum atomic E-state index is -1.79. The Bertz CT molecular complexity index is 1020. The summed E-state index contributed by atoms with van der Waals surface area (Å²) in [5.74, 6) is -1.34. The lowest BCUT2D eigenvalue weighted by Gasteiger charge is -2.41. The molecule has 0 N–H and O–H groups in total. The molecule has 0 spiro atoms. The van der Waals surface area contributed by atoms with Crippen LogP contribution >= 0.6 is 0 Å². The van der Waals surface area contributed by atoms with Crippen molar-refractivity contribution in [2.24, 2.45) is 10.8 Å². The van der Waals surface area contributed by atoms with Gasteiger partial charge in [0, 0.05) is 22.8 Å². The highest BCUT2D eigenvalue weighted by molar-refractivity contribution is 5.88. The van der Waals surface area contributed by atoms with Gasteiger partial charge in [-0.15, -0.1) is 0 Å². The molecule has 5 heteroatoms. The van der Waals surface area contributed by atoms with E-state index in [1.807, 2.05) is 30.3 Å². The maximum Gasteiger partial charge on any atom is 0.186 e. The molecule has 0 saturated heterocycles. The lowest BCUT2D eigenvalue weighted by Crippen LogP contribution is -2.47. The van der Waals surface area contributed by atoms with Crippen LogP contribution < -0.4 is 0 Å². The molecular weight excluding hydrogens is 288 g/mol. The second-order valence-electron chi connectivity index (χ2n) is 5.81. The Balaban J connectivity index is 2.25. The Kier molecular flexibility index (Phi) is 2.29. The van der Waals surface area contributed by atoms with Crippen molar-refractivity contribution in [2.45, 2.75) is 11.8 Å². The standard InChI is InChI=1S/C18H8N4O/c19-7-17(8-20)13-4-5-14(18(17,9-21)10-22)12-6-23-15-3-1-2-11(13)16(12)15/h1-6,13-14H/t13-,14-/m0/s1. The van der Waals surface area contributed by atoms with Gasteiger partial charge in [-0.05, 0) is 11.6 Å². The van der Waals surface area contributed by atoms with Crippen molar-refractivity contribution in [3.05, 3.63) is 47.7 Å². The first kappa shape index (κ1) is 13.1. The largest absolute Gasteiger partial charge is 0.464 e. The number of furan rings is 1. The van der Waals surface area contributed by atoms with E-state index >= 15 is 0 Å². The third kappa shape index (κ3) is 1.17. The molecule has 5 nitrogen and oxygen atoms in total. The molecule has 0 saturated carbocycles. The van der Waals surface area contributed by atoms with Gasteiger partial charge in [-0.25, -0.2) is 0 Å². The summed E-state index contributed by atoms with van der Waals surface area (Å²) >= 11 is 0. The molecule has 0 unspecified atom stereocenters. The van der Waals surface area contributed by atoms with Crippen LogP contribution in [-0.4, -0.2) is 0 Å². The normalized spacial score (nSPS) is 24.9. The molecule has 2 atom stereocenters. The Morgan fingerprint density at radius 1 is 0.826 bits per heavy atom. The highest BCUT2D eigenvalue weighted by atomic mass is 16.3. The van der Waals surface area contributed by atoms with E-state index in [1.165, 1.54) is 6.26 Å². The van der Waals surface area contributed by atoms with Crippen LogP contribution in [0.5, 0.6) is 0 Å². The van der Waals surface area contributed by atoms with E-state index in [1.54, 1.807) is 24.3 Å². The van der Waals surface area contributed by atoms with Gasteiger partial charge in [0.1, 0.15) is 5.58 Å². The van der Waals surface area contributed by atoms with Crippen molar-refractivity contribution in [1.82, 2.24) is 0 Å². The van der Waals surface area contributed by atoms with Gasteiger partial charge in [0.25, 0.3) is 0 Å². The van der Waals surface area contributed by atoms with E-state index in [-0.39, 0.29) is 0 Å². The summed E-state index contributed by atoms with van der Waals surface area (Å²) in [6, 6.07) is 13.4. The third-order valence-corrected chi connectivity index (χ3v) is 5.09. The number of benzene rings is 1. The predicted molar refractivity (Wildman–Crippen MR) is 78.2 cm³/mol. The van der Waals surface area contributed by atoms with Crippen LogP contribution in [0.2, 0.25) is 0 Å². The third-order valence-electron chi connectivity index (χ3n) is 5.09. The summed E-state index contributed by atoms with van der Waals surface area (Å²) in [5.41, 5.74) is -1.49. The Labute approximate surface area is 131 Å². The summed E-state index contributed by atoms with van der Waals surface area (Å²) in [6.45, 7) is 0. The molecule has 0 amide bonds. The molecule has 23 heavy (non-hydrogen) atoms. The van der Waals surface area contributed by atoms with Crippen molar-refractivity contribution >= 4 is 11.0 Å². The number of hydrogen-bond donors (Lipinski definition) is 0. The molecule has 1 aromatic heterocycles. The fourth-order valence-corrected chi connectivity index (χ4v) is 3.99. The summed E-state index contributed by atoms with van der Waals surface area (Å²) in [5, 5.41) is 40.1. The van der Waals surface area contributed by atoms with E-state index < -0.39 is 22.7 Å². The van der Waals surface area contributed by atoms with Crippen molar-refractivity contribution in [3.8, 4) is 24.3 Å². The lowest BCUT2D eigenvalue weighted by atomic mass is 9.51. The SMILES string of the molecule is N#CC1(C#N)[C@H]2C=C[C@@H](c3coc4cccc2c34)C1(C#N)C#N. The molecule has 0 radical (unpaired) electrons. The fourth-order valence-electron chi connectivity index (χ4n) is 3.99. The minimum Gasteiger partial charge on any atom is -0.464 e. The monoisotopic (exact) mass is 296 g/mol. The molecule has 2 aromatic rings. The molecule has 0 fully saturated rings. The van der Waals surface area contributed by atoms with E-state index in [0.717, 1.165) is 10.9 Å². The van der Waals surface area contributed by atoms with Gasteiger partial charge in [0.15, 0.2) is 10.8 Å². The van der Waals surface area contributed by atoms with Crippen LogP contribution in [0.4, 0.5) is 0 Å². The van der Waals surface area contributed by atoms with Crippen molar-refractivity contribution in [3.63, 3.8) is 0 Å². The average Bonchev–Trinajstić information content (AvgIpc) is 2.93. The van der Waals surface area contributed by atoms with Crippen LogP contribution in [0.15, 0.2) is 41.0 Å². The minimum absolute atomic E-state index is 0.632. The second-order valence-corrected chi connectivity index (χ2v) is 5.81. The van der Waals surface area contributed by atoms with E-state index in [0.29, 0.717) is 11.1 Å². The van der Waals surface area contributed by atoms with Gasteiger partial charge in [0.2, 0.25) is 0 Å². The zero-order valence-electron chi connectivity index (χ0n) is 11.8. The Morgan fingerprint density at radius 3 is 1.96 bits per heavy atom. The average molecular weight is 296 g/mol. The molecule has 0 aliphatic heterocycles. The maximum absolute atomic E-state index is 9.83. The first-order chi connectivity index (χ1) is 11.2. The zero-order chi connectivity index (χ0) is 16.2. The molecule has 3 aliphatic carbocycles. The summed E-state index contributed by atoms with van der Waals surface area (Å²) < 4.78 is 5.57. The number of allylic oxidation sites excluding steroid dienone is 2. The zero-order valence-corrected chi connectivity index (χ0v) is 11.8. The summed E-state index contributed by atoms with van der Waals surface area (Å²) in [4.78, 5) is 0. The fraction of sp³-hybridized carbons (Fsp3) is 0.222. The van der Waals surface area contributed by atoms with Crippen LogP contribution in [0.1, 0.15) is 23.0 Å². The van der Waals surface area contributed by atoms with Crippen LogP contribution in [0, 0.1) is 56.2 Å². The Hall–Kier alpha value is -3.54. The van der Waals surface area contributed by atoms with Crippen LogP contribution in [0.25, 0.3) is 11.0 Å². The van der Waals surface area contributed by atoms with Crippen molar-refractivity contribution < 1.29 is 4.42 Å². The van der Waals surface area contributed by atoms with Gasteiger partial charge < -0.3 is 4.42 Å². The van der Waals surface area contributed by atoms with E-state index in [2.05, 4.69) is 0 Å². The highest BCUT2D eigenvalue weighted by Gasteiger charge is 2.66. The summed E-state index contributed by atoms with van der Waals surface area (Å²) in [7, 11) is 0. The van der Waals surface area contributed by atoms with Gasteiger partial charge in [-0.3, -0.25) is 0 Å². The van der Waals surface area contributed by atoms with Crippen molar-refractivity contribution in [1.29, 1.82) is 21.0 Å². The number of fused-ring (bicyclic) bond motifs is 1.